The average molecular weight is 420 g/mol. The fourth-order valence-corrected chi connectivity index (χ4v) is 6.16. The van der Waals surface area contributed by atoms with E-state index in [0.717, 1.165) is 56.2 Å². The van der Waals surface area contributed by atoms with E-state index in [1.54, 1.807) is 0 Å². The highest BCUT2D eigenvalue weighted by molar-refractivity contribution is 5.82. The number of hydrogen-bond donors (Lipinski definition) is 2. The SMILES string of the molecule is C[C@H](c1ccccc1)c1ccccc1C(O)(C(=O)OC1C2CCC1NC2)C1CCCC1. The first-order valence-corrected chi connectivity index (χ1v) is 11.9. The standard InChI is InChI=1S/C27H33NO3/c1-18(19-9-3-2-4-10-19)22-13-7-8-14-23(22)27(30,21-11-5-6-12-21)26(29)31-25-20-15-16-24(25)28-17-20/h2-4,7-10,13-14,18,20-21,24-25,28,30H,5-6,11-12,15-17H2,1H3/t18-,20?,24?,25?,27?/m1/s1. The Morgan fingerprint density at radius 1 is 1.03 bits per heavy atom. The van der Waals surface area contributed by atoms with Crippen LogP contribution in [0.5, 0.6) is 0 Å². The number of nitrogens with one attached hydrogen (secondary N) is 1. The van der Waals surface area contributed by atoms with Crippen molar-refractivity contribution in [2.45, 2.75) is 69.1 Å². The van der Waals surface area contributed by atoms with Crippen LogP contribution in [0.2, 0.25) is 0 Å². The minimum atomic E-state index is -1.60. The van der Waals surface area contributed by atoms with Gasteiger partial charge in [0.15, 0.2) is 5.60 Å². The lowest BCUT2D eigenvalue weighted by molar-refractivity contribution is -0.180. The van der Waals surface area contributed by atoms with E-state index in [9.17, 15) is 9.90 Å². The molecule has 5 rings (SSSR count). The molecule has 1 heterocycles. The zero-order valence-electron chi connectivity index (χ0n) is 18.3. The molecule has 3 fully saturated rings. The molecule has 2 aromatic rings. The van der Waals surface area contributed by atoms with Gasteiger partial charge in [-0.2, -0.15) is 0 Å². The molecule has 164 valence electrons. The number of hydrogen-bond acceptors (Lipinski definition) is 4. The van der Waals surface area contributed by atoms with Crippen LogP contribution in [0.15, 0.2) is 54.6 Å². The maximum atomic E-state index is 13.7. The highest BCUT2D eigenvalue weighted by Gasteiger charge is 2.52. The molecule has 2 bridgehead atoms. The fourth-order valence-electron chi connectivity index (χ4n) is 6.16. The van der Waals surface area contributed by atoms with Crippen molar-refractivity contribution in [1.29, 1.82) is 0 Å². The second kappa shape index (κ2) is 8.40. The molecule has 4 heteroatoms. The minimum Gasteiger partial charge on any atom is -0.458 e. The number of carbonyl (C=O) groups excluding carboxylic acids is 1. The number of esters is 1. The maximum Gasteiger partial charge on any atom is 0.343 e. The molecule has 2 aliphatic carbocycles. The lowest BCUT2D eigenvalue weighted by Crippen LogP contribution is -2.47. The summed E-state index contributed by atoms with van der Waals surface area (Å²) in [4.78, 5) is 13.7. The van der Waals surface area contributed by atoms with Crippen LogP contribution in [0.3, 0.4) is 0 Å². The highest BCUT2D eigenvalue weighted by atomic mass is 16.6. The van der Waals surface area contributed by atoms with Gasteiger partial charge in [0.05, 0.1) is 0 Å². The van der Waals surface area contributed by atoms with Crippen LogP contribution in [0.1, 0.15) is 68.1 Å². The molecule has 2 saturated carbocycles. The molecular weight excluding hydrogens is 386 g/mol. The van der Waals surface area contributed by atoms with Crippen LogP contribution >= 0.6 is 0 Å². The molecule has 31 heavy (non-hydrogen) atoms. The molecule has 0 spiro atoms. The Morgan fingerprint density at radius 3 is 2.39 bits per heavy atom. The van der Waals surface area contributed by atoms with Gasteiger partial charge < -0.3 is 15.2 Å². The smallest absolute Gasteiger partial charge is 0.343 e. The van der Waals surface area contributed by atoms with Gasteiger partial charge in [0.1, 0.15) is 6.10 Å². The Morgan fingerprint density at radius 2 is 1.74 bits per heavy atom. The third kappa shape index (κ3) is 3.60. The summed E-state index contributed by atoms with van der Waals surface area (Å²) in [6.07, 6.45) is 5.84. The van der Waals surface area contributed by atoms with E-state index in [2.05, 4.69) is 30.4 Å². The molecule has 2 aromatic carbocycles. The fraction of sp³-hybridized carbons (Fsp3) is 0.519. The number of benzene rings is 2. The van der Waals surface area contributed by atoms with Gasteiger partial charge in [-0.15, -0.1) is 0 Å². The summed E-state index contributed by atoms with van der Waals surface area (Å²) in [6, 6.07) is 18.5. The summed E-state index contributed by atoms with van der Waals surface area (Å²) in [5, 5.41) is 15.7. The highest BCUT2D eigenvalue weighted by Crippen LogP contribution is 2.46. The minimum absolute atomic E-state index is 0.0717. The predicted molar refractivity (Wildman–Crippen MR) is 121 cm³/mol. The molecule has 4 nitrogen and oxygen atoms in total. The monoisotopic (exact) mass is 419 g/mol. The molecule has 1 aliphatic heterocycles. The number of carbonyl (C=O) groups is 1. The van der Waals surface area contributed by atoms with E-state index >= 15 is 0 Å². The van der Waals surface area contributed by atoms with Gasteiger partial charge >= 0.3 is 5.97 Å². The molecule has 2 N–H and O–H groups in total. The van der Waals surface area contributed by atoms with E-state index in [4.69, 9.17) is 4.74 Å². The van der Waals surface area contributed by atoms with E-state index in [1.165, 1.54) is 5.56 Å². The van der Waals surface area contributed by atoms with Crippen LogP contribution in [0.4, 0.5) is 0 Å². The van der Waals surface area contributed by atoms with Crippen molar-refractivity contribution in [3.05, 3.63) is 71.3 Å². The Bertz CT molecular complexity index is 903. The number of ether oxygens (including phenoxy) is 1. The molecule has 5 atom stereocenters. The summed E-state index contributed by atoms with van der Waals surface area (Å²) in [6.45, 7) is 3.06. The Hall–Kier alpha value is -2.17. The predicted octanol–water partition coefficient (Wildman–Crippen LogP) is 4.51. The van der Waals surface area contributed by atoms with Crippen LogP contribution in [-0.2, 0) is 15.1 Å². The van der Waals surface area contributed by atoms with Gasteiger partial charge in [-0.25, -0.2) is 4.79 Å². The first kappa shape index (κ1) is 20.7. The summed E-state index contributed by atoms with van der Waals surface area (Å²) in [5.41, 5.74) is 1.31. The number of fused-ring (bicyclic) bond motifs is 2. The van der Waals surface area contributed by atoms with Crippen molar-refractivity contribution in [3.63, 3.8) is 0 Å². The quantitative estimate of drug-likeness (QED) is 0.677. The van der Waals surface area contributed by atoms with E-state index in [1.807, 2.05) is 36.4 Å². The van der Waals surface area contributed by atoms with Crippen LogP contribution in [-0.4, -0.2) is 29.8 Å². The van der Waals surface area contributed by atoms with Crippen LogP contribution < -0.4 is 5.32 Å². The molecule has 0 aromatic heterocycles. The van der Waals surface area contributed by atoms with Gasteiger partial charge in [0, 0.05) is 30.3 Å². The van der Waals surface area contributed by atoms with Crippen molar-refractivity contribution in [1.82, 2.24) is 5.32 Å². The average Bonchev–Trinajstić information content (AvgIpc) is 3.57. The Balaban J connectivity index is 1.53. The summed E-state index contributed by atoms with van der Waals surface area (Å²) >= 11 is 0. The lowest BCUT2D eigenvalue weighted by atomic mass is 9.75. The topological polar surface area (TPSA) is 58.6 Å². The van der Waals surface area contributed by atoms with E-state index < -0.39 is 11.6 Å². The van der Waals surface area contributed by atoms with Crippen LogP contribution in [0.25, 0.3) is 0 Å². The third-order valence-electron chi connectivity index (χ3n) is 7.99. The number of aliphatic hydroxyl groups is 1. The largest absolute Gasteiger partial charge is 0.458 e. The van der Waals surface area contributed by atoms with Crippen molar-refractivity contribution < 1.29 is 14.6 Å². The molecular formula is C27H33NO3. The maximum absolute atomic E-state index is 13.7. The molecule has 4 unspecified atom stereocenters. The molecule has 3 aliphatic rings. The Kier molecular flexibility index (Phi) is 5.61. The summed E-state index contributed by atoms with van der Waals surface area (Å²) < 4.78 is 6.12. The van der Waals surface area contributed by atoms with E-state index in [-0.39, 0.29) is 24.0 Å². The van der Waals surface area contributed by atoms with E-state index in [0.29, 0.717) is 5.92 Å². The molecule has 0 radical (unpaired) electrons. The zero-order valence-corrected chi connectivity index (χ0v) is 18.3. The van der Waals surface area contributed by atoms with Crippen molar-refractivity contribution in [2.75, 3.05) is 6.54 Å². The van der Waals surface area contributed by atoms with Crippen molar-refractivity contribution in [2.24, 2.45) is 11.8 Å². The van der Waals surface area contributed by atoms with Gasteiger partial charge in [0.2, 0.25) is 0 Å². The number of rotatable bonds is 6. The van der Waals surface area contributed by atoms with Crippen molar-refractivity contribution in [3.8, 4) is 0 Å². The third-order valence-corrected chi connectivity index (χ3v) is 7.99. The number of piperidine rings is 1. The summed E-state index contributed by atoms with van der Waals surface area (Å²) in [7, 11) is 0. The van der Waals surface area contributed by atoms with Gasteiger partial charge in [-0.05, 0) is 42.4 Å². The normalized spacial score (nSPS) is 28.4. The van der Waals surface area contributed by atoms with Crippen LogP contribution in [0, 0.1) is 11.8 Å². The second-order valence-corrected chi connectivity index (χ2v) is 9.69. The molecule has 0 amide bonds. The Labute approximate surface area is 185 Å². The second-order valence-electron chi connectivity index (χ2n) is 9.69. The molecule has 1 saturated heterocycles. The van der Waals surface area contributed by atoms with Crippen molar-refractivity contribution >= 4 is 5.97 Å². The zero-order chi connectivity index (χ0) is 21.4. The van der Waals surface area contributed by atoms with Gasteiger partial charge in [-0.1, -0.05) is 74.4 Å². The lowest BCUT2D eigenvalue weighted by Gasteiger charge is -2.36. The summed E-state index contributed by atoms with van der Waals surface area (Å²) in [5.74, 6) is -0.100. The first-order chi connectivity index (χ1) is 15.1. The first-order valence-electron chi connectivity index (χ1n) is 11.9. The van der Waals surface area contributed by atoms with Gasteiger partial charge in [0.25, 0.3) is 0 Å². The van der Waals surface area contributed by atoms with Gasteiger partial charge in [-0.3, -0.25) is 0 Å².